The zero-order valence-electron chi connectivity index (χ0n) is 16.3. The minimum absolute atomic E-state index is 0.0206. The lowest BCUT2D eigenvalue weighted by Gasteiger charge is -2.13. The van der Waals surface area contributed by atoms with Gasteiger partial charge in [-0.3, -0.25) is 4.79 Å². The molecular formula is C18H22ClN3O5S2. The Bertz CT molecular complexity index is 1110. The summed E-state index contributed by atoms with van der Waals surface area (Å²) < 4.78 is 52.3. The summed E-state index contributed by atoms with van der Waals surface area (Å²) in [5, 5.41) is 2.66. The molecule has 0 saturated heterocycles. The number of benzene rings is 2. The summed E-state index contributed by atoms with van der Waals surface area (Å²) in [6, 6.07) is 9.16. The molecule has 1 amide bonds. The number of rotatable bonds is 7. The molecule has 0 aliphatic carbocycles. The van der Waals surface area contributed by atoms with Crippen LogP contribution in [0.2, 0.25) is 5.02 Å². The summed E-state index contributed by atoms with van der Waals surface area (Å²) in [6.07, 6.45) is 0. The van der Waals surface area contributed by atoms with Crippen molar-refractivity contribution in [2.24, 2.45) is 0 Å². The minimum Gasteiger partial charge on any atom is -0.322 e. The van der Waals surface area contributed by atoms with E-state index in [1.54, 1.807) is 13.8 Å². The Hall–Kier alpha value is -1.98. The highest BCUT2D eigenvalue weighted by Gasteiger charge is 2.21. The quantitative estimate of drug-likeness (QED) is 0.660. The molecule has 0 saturated carbocycles. The van der Waals surface area contributed by atoms with Crippen LogP contribution < -0.4 is 10.0 Å². The Balaban J connectivity index is 2.27. The van der Waals surface area contributed by atoms with E-state index in [1.165, 1.54) is 56.6 Å². The highest BCUT2D eigenvalue weighted by Crippen LogP contribution is 2.23. The van der Waals surface area contributed by atoms with Crippen molar-refractivity contribution < 1.29 is 21.6 Å². The highest BCUT2D eigenvalue weighted by molar-refractivity contribution is 7.89. The van der Waals surface area contributed by atoms with Crippen molar-refractivity contribution in [3.63, 3.8) is 0 Å². The number of nitrogens with zero attached hydrogens (tertiary/aromatic N) is 1. The van der Waals surface area contributed by atoms with Gasteiger partial charge in [-0.15, -0.1) is 0 Å². The van der Waals surface area contributed by atoms with Crippen LogP contribution in [0.25, 0.3) is 0 Å². The molecule has 0 aromatic heterocycles. The molecule has 2 aromatic carbocycles. The van der Waals surface area contributed by atoms with Gasteiger partial charge in [0.1, 0.15) is 0 Å². The molecule has 0 bridgehead atoms. The van der Waals surface area contributed by atoms with Crippen molar-refractivity contribution in [3.8, 4) is 0 Å². The molecule has 2 N–H and O–H groups in total. The molecule has 11 heteroatoms. The Labute approximate surface area is 176 Å². The standard InChI is InChI=1S/C18H22ClN3O5S2/c1-12(2)21-28(24,25)14-7-5-13(6-8-14)20-18(23)16-11-15(9-10-17(16)19)29(26,27)22(3)4/h5-12,21H,1-4H3,(H,20,23). The molecule has 2 rings (SSSR count). The number of sulfonamides is 2. The minimum atomic E-state index is -3.73. The van der Waals surface area contributed by atoms with Gasteiger partial charge in [0.25, 0.3) is 5.91 Å². The fourth-order valence-corrected chi connectivity index (χ4v) is 4.73. The number of carbonyl (C=O) groups excluding carboxylic acids is 1. The molecule has 0 aliphatic rings. The van der Waals surface area contributed by atoms with Crippen LogP contribution in [-0.2, 0) is 20.0 Å². The van der Waals surface area contributed by atoms with Crippen molar-refractivity contribution in [2.75, 3.05) is 19.4 Å². The van der Waals surface area contributed by atoms with Gasteiger partial charge in [-0.05, 0) is 56.3 Å². The average Bonchev–Trinajstić information content (AvgIpc) is 2.61. The van der Waals surface area contributed by atoms with Gasteiger partial charge in [0.15, 0.2) is 0 Å². The lowest BCUT2D eigenvalue weighted by Crippen LogP contribution is -2.30. The number of hydrogen-bond donors (Lipinski definition) is 2. The van der Waals surface area contributed by atoms with Gasteiger partial charge >= 0.3 is 0 Å². The predicted octanol–water partition coefficient (Wildman–Crippen LogP) is 2.53. The van der Waals surface area contributed by atoms with Crippen molar-refractivity contribution in [2.45, 2.75) is 29.7 Å². The van der Waals surface area contributed by atoms with Gasteiger partial charge in [0.05, 0.1) is 20.4 Å². The molecule has 0 fully saturated rings. The summed E-state index contributed by atoms with van der Waals surface area (Å²) in [4.78, 5) is 12.6. The van der Waals surface area contributed by atoms with E-state index in [4.69, 9.17) is 11.6 Å². The Morgan fingerprint density at radius 3 is 2.03 bits per heavy atom. The second-order valence-electron chi connectivity index (χ2n) is 6.68. The zero-order chi connectivity index (χ0) is 22.0. The molecule has 0 unspecified atom stereocenters. The second-order valence-corrected chi connectivity index (χ2v) is 11.0. The van der Waals surface area contributed by atoms with Gasteiger partial charge in [-0.25, -0.2) is 25.9 Å². The molecular weight excluding hydrogens is 438 g/mol. The number of anilines is 1. The topological polar surface area (TPSA) is 113 Å². The van der Waals surface area contributed by atoms with Crippen LogP contribution >= 0.6 is 11.6 Å². The van der Waals surface area contributed by atoms with Crippen molar-refractivity contribution >= 4 is 43.2 Å². The molecule has 0 aliphatic heterocycles. The fraction of sp³-hybridized carbons (Fsp3) is 0.278. The monoisotopic (exact) mass is 459 g/mol. The molecule has 8 nitrogen and oxygen atoms in total. The fourth-order valence-electron chi connectivity index (χ4n) is 2.34. The van der Waals surface area contributed by atoms with Gasteiger partial charge in [-0.2, -0.15) is 0 Å². The third kappa shape index (κ3) is 5.55. The van der Waals surface area contributed by atoms with Crippen LogP contribution in [0.3, 0.4) is 0 Å². The molecule has 0 heterocycles. The number of carbonyl (C=O) groups is 1. The summed E-state index contributed by atoms with van der Waals surface area (Å²) in [7, 11) is -4.62. The normalized spacial score (nSPS) is 12.4. The predicted molar refractivity (Wildman–Crippen MR) is 112 cm³/mol. The molecule has 0 radical (unpaired) electrons. The number of hydrogen-bond acceptors (Lipinski definition) is 5. The van der Waals surface area contributed by atoms with Gasteiger partial charge in [-0.1, -0.05) is 11.6 Å². The SMILES string of the molecule is CC(C)NS(=O)(=O)c1ccc(NC(=O)c2cc(S(=O)(=O)N(C)C)ccc2Cl)cc1. The van der Waals surface area contributed by atoms with Gasteiger partial charge in [0, 0.05) is 25.8 Å². The first-order valence-corrected chi connectivity index (χ1v) is 11.8. The summed E-state index contributed by atoms with van der Waals surface area (Å²) in [5.41, 5.74) is 0.309. The van der Waals surface area contributed by atoms with Crippen molar-refractivity contribution in [3.05, 3.63) is 53.1 Å². The van der Waals surface area contributed by atoms with Crippen LogP contribution in [0.4, 0.5) is 5.69 Å². The maximum atomic E-state index is 12.6. The first-order chi connectivity index (χ1) is 13.3. The number of halogens is 1. The molecule has 0 atom stereocenters. The van der Waals surface area contributed by atoms with E-state index < -0.39 is 26.0 Å². The van der Waals surface area contributed by atoms with E-state index in [9.17, 15) is 21.6 Å². The Morgan fingerprint density at radius 1 is 0.966 bits per heavy atom. The van der Waals surface area contributed by atoms with Crippen molar-refractivity contribution in [1.82, 2.24) is 9.03 Å². The summed E-state index contributed by atoms with van der Waals surface area (Å²) in [6.45, 7) is 3.42. The first kappa shape index (κ1) is 23.3. The third-order valence-electron chi connectivity index (χ3n) is 3.77. The maximum Gasteiger partial charge on any atom is 0.257 e. The Morgan fingerprint density at radius 2 is 1.52 bits per heavy atom. The molecule has 0 spiro atoms. The number of amides is 1. The van der Waals surface area contributed by atoms with Crippen molar-refractivity contribution in [1.29, 1.82) is 0 Å². The zero-order valence-corrected chi connectivity index (χ0v) is 18.7. The van der Waals surface area contributed by atoms with E-state index in [0.717, 1.165) is 4.31 Å². The molecule has 29 heavy (non-hydrogen) atoms. The molecule has 158 valence electrons. The third-order valence-corrected chi connectivity index (χ3v) is 7.59. The van der Waals surface area contributed by atoms with Crippen LogP contribution in [0.1, 0.15) is 24.2 Å². The van der Waals surface area contributed by atoms with E-state index in [0.29, 0.717) is 5.69 Å². The second kappa shape index (κ2) is 8.80. The largest absolute Gasteiger partial charge is 0.322 e. The van der Waals surface area contributed by atoms with Gasteiger partial charge < -0.3 is 5.32 Å². The lowest BCUT2D eigenvalue weighted by molar-refractivity contribution is 0.102. The van der Waals surface area contributed by atoms with Crippen LogP contribution in [0.5, 0.6) is 0 Å². The van der Waals surface area contributed by atoms with Crippen LogP contribution in [0, 0.1) is 0 Å². The van der Waals surface area contributed by atoms with Crippen LogP contribution in [-0.4, -0.2) is 47.2 Å². The maximum absolute atomic E-state index is 12.6. The van der Waals surface area contributed by atoms with E-state index >= 15 is 0 Å². The van der Waals surface area contributed by atoms with E-state index in [1.807, 2.05) is 0 Å². The Kier molecular flexibility index (Phi) is 7.07. The summed E-state index contributed by atoms with van der Waals surface area (Å²) >= 11 is 6.06. The van der Waals surface area contributed by atoms with E-state index in [-0.39, 0.29) is 26.4 Å². The first-order valence-electron chi connectivity index (χ1n) is 8.50. The van der Waals surface area contributed by atoms with E-state index in [2.05, 4.69) is 10.0 Å². The average molecular weight is 460 g/mol. The number of nitrogens with one attached hydrogen (secondary N) is 2. The van der Waals surface area contributed by atoms with Gasteiger partial charge in [0.2, 0.25) is 20.0 Å². The highest BCUT2D eigenvalue weighted by atomic mass is 35.5. The lowest BCUT2D eigenvalue weighted by atomic mass is 10.2. The molecule has 2 aromatic rings. The smallest absolute Gasteiger partial charge is 0.257 e. The van der Waals surface area contributed by atoms with Crippen LogP contribution in [0.15, 0.2) is 52.3 Å². The summed E-state index contributed by atoms with van der Waals surface area (Å²) in [5.74, 6) is -0.623.